The van der Waals surface area contributed by atoms with Gasteiger partial charge in [0, 0.05) is 19.3 Å². The molecule has 2 aromatic rings. The molecule has 4 nitrogen and oxygen atoms in total. The summed E-state index contributed by atoms with van der Waals surface area (Å²) in [7, 11) is 0. The molecule has 0 saturated heterocycles. The van der Waals surface area contributed by atoms with E-state index in [1.807, 2.05) is 24.0 Å². The zero-order valence-electron chi connectivity index (χ0n) is 10.2. The molecule has 0 atom stereocenters. The van der Waals surface area contributed by atoms with Crippen LogP contribution in [0.25, 0.3) is 0 Å². The van der Waals surface area contributed by atoms with Crippen molar-refractivity contribution in [2.75, 3.05) is 6.54 Å². The number of aryl methyl sites for hydroxylation is 1. The molecule has 0 fully saturated rings. The highest BCUT2D eigenvalue weighted by Gasteiger charge is 2.01. The largest absolute Gasteiger partial charge is 0.505 e. The van der Waals surface area contributed by atoms with Crippen molar-refractivity contribution in [1.82, 2.24) is 15.1 Å². The first-order chi connectivity index (χ1) is 8.65. The molecule has 0 unspecified atom stereocenters. The van der Waals surface area contributed by atoms with Crippen LogP contribution in [-0.4, -0.2) is 21.4 Å². The van der Waals surface area contributed by atoms with Gasteiger partial charge in [-0.05, 0) is 30.2 Å². The number of rotatable bonds is 5. The van der Waals surface area contributed by atoms with E-state index >= 15 is 0 Å². The lowest BCUT2D eigenvalue weighted by Gasteiger charge is -2.06. The van der Waals surface area contributed by atoms with Gasteiger partial charge >= 0.3 is 0 Å². The Bertz CT molecular complexity index is 525. The van der Waals surface area contributed by atoms with Crippen LogP contribution in [0.1, 0.15) is 11.1 Å². The van der Waals surface area contributed by atoms with Crippen LogP contribution in [0.5, 0.6) is 5.75 Å². The Hall–Kier alpha value is -1.88. The van der Waals surface area contributed by atoms with Crippen molar-refractivity contribution >= 4 is 0 Å². The molecule has 2 N–H and O–H groups in total. The third-order valence-electron chi connectivity index (χ3n) is 2.62. The van der Waals surface area contributed by atoms with Crippen LogP contribution < -0.4 is 5.32 Å². The van der Waals surface area contributed by atoms with Gasteiger partial charge in [-0.2, -0.15) is 5.10 Å². The van der Waals surface area contributed by atoms with E-state index in [1.165, 1.54) is 12.1 Å². The number of aromatic hydroxyl groups is 1. The zero-order chi connectivity index (χ0) is 13.0. The fourth-order valence-corrected chi connectivity index (χ4v) is 1.68. The number of benzene rings is 1. The number of nitrogens with zero attached hydrogens (tertiary/aromatic N) is 2. The Kier molecular flexibility index (Phi) is 3.94. The molecule has 0 aliphatic rings. The highest BCUT2D eigenvalue weighted by Crippen LogP contribution is 2.15. The molecule has 0 bridgehead atoms. The lowest BCUT2D eigenvalue weighted by Crippen LogP contribution is -2.19. The quantitative estimate of drug-likeness (QED) is 0.795. The summed E-state index contributed by atoms with van der Waals surface area (Å²) >= 11 is 0. The molecule has 0 aliphatic carbocycles. The normalized spacial score (nSPS) is 10.8. The minimum atomic E-state index is -0.586. The molecule has 1 aromatic carbocycles. The van der Waals surface area contributed by atoms with Crippen LogP contribution in [-0.2, 0) is 13.1 Å². The van der Waals surface area contributed by atoms with Gasteiger partial charge in [0.2, 0.25) is 0 Å². The molecule has 0 saturated carbocycles. The second kappa shape index (κ2) is 5.64. The molecule has 2 rings (SSSR count). The van der Waals surface area contributed by atoms with Crippen molar-refractivity contribution in [2.24, 2.45) is 0 Å². The van der Waals surface area contributed by atoms with Crippen LogP contribution in [0.15, 0.2) is 30.6 Å². The summed E-state index contributed by atoms with van der Waals surface area (Å²) in [5.41, 5.74) is 1.94. The first kappa shape index (κ1) is 12.6. The smallest absolute Gasteiger partial charge is 0.165 e. The lowest BCUT2D eigenvalue weighted by molar-refractivity contribution is 0.431. The Morgan fingerprint density at radius 2 is 2.28 bits per heavy atom. The van der Waals surface area contributed by atoms with Crippen LogP contribution >= 0.6 is 0 Å². The van der Waals surface area contributed by atoms with E-state index in [2.05, 4.69) is 10.4 Å². The highest BCUT2D eigenvalue weighted by molar-refractivity contribution is 5.27. The van der Waals surface area contributed by atoms with Crippen molar-refractivity contribution < 1.29 is 9.50 Å². The van der Waals surface area contributed by atoms with Gasteiger partial charge in [-0.3, -0.25) is 4.68 Å². The molecule has 0 spiro atoms. The Labute approximate surface area is 105 Å². The summed E-state index contributed by atoms with van der Waals surface area (Å²) in [5.74, 6) is -0.900. The summed E-state index contributed by atoms with van der Waals surface area (Å²) in [6.07, 6.45) is 3.79. The molecule has 5 heteroatoms. The van der Waals surface area contributed by atoms with Crippen molar-refractivity contribution in [3.05, 3.63) is 47.5 Å². The summed E-state index contributed by atoms with van der Waals surface area (Å²) in [6, 6.07) is 4.40. The molecular weight excluding hydrogens is 233 g/mol. The monoisotopic (exact) mass is 249 g/mol. The van der Waals surface area contributed by atoms with Gasteiger partial charge in [0.1, 0.15) is 0 Å². The molecule has 0 radical (unpaired) electrons. The third-order valence-corrected chi connectivity index (χ3v) is 2.62. The summed E-state index contributed by atoms with van der Waals surface area (Å²) in [6.45, 7) is 4.09. The van der Waals surface area contributed by atoms with Gasteiger partial charge in [0.05, 0.1) is 12.7 Å². The number of nitrogens with one attached hydrogen (secondary N) is 1. The van der Waals surface area contributed by atoms with E-state index in [0.717, 1.165) is 24.2 Å². The SMILES string of the molecule is Cc1cnn(CCNCc2ccc(O)c(F)c2)c1. The number of aromatic nitrogens is 2. The number of hydrogen-bond acceptors (Lipinski definition) is 3. The Morgan fingerprint density at radius 1 is 1.44 bits per heavy atom. The predicted molar refractivity (Wildman–Crippen MR) is 66.7 cm³/mol. The number of hydrogen-bond donors (Lipinski definition) is 2. The van der Waals surface area contributed by atoms with E-state index in [1.54, 1.807) is 6.07 Å². The lowest BCUT2D eigenvalue weighted by atomic mass is 10.2. The number of halogens is 1. The van der Waals surface area contributed by atoms with Crippen molar-refractivity contribution in [2.45, 2.75) is 20.0 Å². The average molecular weight is 249 g/mol. The van der Waals surface area contributed by atoms with E-state index in [4.69, 9.17) is 5.11 Å². The van der Waals surface area contributed by atoms with E-state index in [9.17, 15) is 4.39 Å². The van der Waals surface area contributed by atoms with Crippen molar-refractivity contribution in [3.63, 3.8) is 0 Å². The summed E-state index contributed by atoms with van der Waals surface area (Å²) < 4.78 is 14.9. The Morgan fingerprint density at radius 3 is 2.94 bits per heavy atom. The molecule has 0 amide bonds. The van der Waals surface area contributed by atoms with Gasteiger partial charge in [-0.1, -0.05) is 6.07 Å². The molecule has 96 valence electrons. The van der Waals surface area contributed by atoms with Crippen LogP contribution in [0.2, 0.25) is 0 Å². The Balaban J connectivity index is 1.76. The van der Waals surface area contributed by atoms with E-state index in [-0.39, 0.29) is 5.75 Å². The zero-order valence-corrected chi connectivity index (χ0v) is 10.2. The number of phenolic OH excluding ortho intramolecular Hbond substituents is 1. The molecule has 18 heavy (non-hydrogen) atoms. The van der Waals surface area contributed by atoms with Crippen LogP contribution in [0, 0.1) is 12.7 Å². The first-order valence-electron chi connectivity index (χ1n) is 5.82. The molecule has 0 aliphatic heterocycles. The summed E-state index contributed by atoms with van der Waals surface area (Å²) in [5, 5.41) is 16.4. The second-order valence-corrected chi connectivity index (χ2v) is 4.24. The molecule has 1 heterocycles. The van der Waals surface area contributed by atoms with Gasteiger partial charge in [-0.15, -0.1) is 0 Å². The predicted octanol–water partition coefficient (Wildman–Crippen LogP) is 1.83. The molecular formula is C13H16FN3O. The second-order valence-electron chi connectivity index (χ2n) is 4.24. The third kappa shape index (κ3) is 3.30. The maximum absolute atomic E-state index is 13.1. The fraction of sp³-hybridized carbons (Fsp3) is 0.308. The van der Waals surface area contributed by atoms with Gasteiger partial charge in [-0.25, -0.2) is 4.39 Å². The van der Waals surface area contributed by atoms with Gasteiger partial charge in [0.25, 0.3) is 0 Å². The van der Waals surface area contributed by atoms with Crippen molar-refractivity contribution in [1.29, 1.82) is 0 Å². The topological polar surface area (TPSA) is 50.1 Å². The maximum Gasteiger partial charge on any atom is 0.165 e. The average Bonchev–Trinajstić information content (AvgIpc) is 2.75. The summed E-state index contributed by atoms with van der Waals surface area (Å²) in [4.78, 5) is 0. The first-order valence-corrected chi connectivity index (χ1v) is 5.82. The van der Waals surface area contributed by atoms with Gasteiger partial charge < -0.3 is 10.4 Å². The fourth-order valence-electron chi connectivity index (χ4n) is 1.68. The number of phenols is 1. The standard InChI is InChI=1S/C13H16FN3O/c1-10-7-16-17(9-10)5-4-15-8-11-2-3-13(18)12(14)6-11/h2-3,6-7,9,15,18H,4-5,8H2,1H3. The molecule has 1 aromatic heterocycles. The van der Waals surface area contributed by atoms with E-state index < -0.39 is 5.82 Å². The maximum atomic E-state index is 13.1. The van der Waals surface area contributed by atoms with Crippen LogP contribution in [0.3, 0.4) is 0 Å². The van der Waals surface area contributed by atoms with Crippen LogP contribution in [0.4, 0.5) is 4.39 Å². The minimum Gasteiger partial charge on any atom is -0.505 e. The van der Waals surface area contributed by atoms with Gasteiger partial charge in [0.15, 0.2) is 11.6 Å². The van der Waals surface area contributed by atoms with E-state index in [0.29, 0.717) is 6.54 Å². The van der Waals surface area contributed by atoms with Crippen molar-refractivity contribution in [3.8, 4) is 5.75 Å². The highest BCUT2D eigenvalue weighted by atomic mass is 19.1. The minimum absolute atomic E-state index is 0.314.